The Morgan fingerprint density at radius 1 is 1.05 bits per heavy atom. The first-order valence-corrected chi connectivity index (χ1v) is 6.72. The minimum Gasteiger partial charge on any atom is -0.398 e. The number of nitrogen functional groups attached to an aromatic ring is 1. The summed E-state index contributed by atoms with van der Waals surface area (Å²) in [6.45, 7) is 5.84. The van der Waals surface area contributed by atoms with Gasteiger partial charge in [0.25, 0.3) is 5.91 Å². The smallest absolute Gasteiger partial charge is 0.252 e. The van der Waals surface area contributed by atoms with Crippen molar-refractivity contribution in [3.63, 3.8) is 0 Å². The van der Waals surface area contributed by atoms with Crippen LogP contribution in [-0.4, -0.2) is 5.91 Å². The van der Waals surface area contributed by atoms with Crippen molar-refractivity contribution in [2.24, 2.45) is 0 Å². The lowest BCUT2D eigenvalue weighted by Gasteiger charge is -2.18. The zero-order valence-corrected chi connectivity index (χ0v) is 12.1. The Labute approximate surface area is 119 Å². The van der Waals surface area contributed by atoms with Crippen molar-refractivity contribution in [2.45, 2.75) is 26.8 Å². The number of carbonyl (C=O) groups excluding carboxylic acids is 1. The second-order valence-electron chi connectivity index (χ2n) is 5.09. The first-order valence-electron chi connectivity index (χ1n) is 6.72. The molecule has 0 heterocycles. The summed E-state index contributed by atoms with van der Waals surface area (Å²) >= 11 is 0. The summed E-state index contributed by atoms with van der Waals surface area (Å²) in [6, 6.07) is 13.3. The fraction of sp³-hybridized carbons (Fsp3) is 0.235. The summed E-state index contributed by atoms with van der Waals surface area (Å²) in [5.74, 6) is -0.0589. The maximum Gasteiger partial charge on any atom is 0.252 e. The molecule has 20 heavy (non-hydrogen) atoms. The maximum atomic E-state index is 12.4. The molecule has 2 aromatic carbocycles. The van der Waals surface area contributed by atoms with Crippen molar-refractivity contribution in [3.8, 4) is 0 Å². The lowest BCUT2D eigenvalue weighted by atomic mass is 10.0. The molecule has 3 nitrogen and oxygen atoms in total. The number of benzene rings is 2. The van der Waals surface area contributed by atoms with Crippen molar-refractivity contribution >= 4 is 11.6 Å². The standard InChI is InChI=1S/C17H20N2O/c1-11-7-6-8-12(2)16(11)17(20)19-13(3)14-9-4-5-10-15(14)18/h4-10,13H,18H2,1-3H3,(H,19,20). The summed E-state index contributed by atoms with van der Waals surface area (Å²) in [5, 5.41) is 3.02. The van der Waals surface area contributed by atoms with E-state index in [0.29, 0.717) is 5.69 Å². The molecule has 0 fully saturated rings. The van der Waals surface area contributed by atoms with Crippen LogP contribution in [0, 0.1) is 13.8 Å². The summed E-state index contributed by atoms with van der Waals surface area (Å²) in [7, 11) is 0. The van der Waals surface area contributed by atoms with E-state index in [2.05, 4.69) is 5.32 Å². The lowest BCUT2D eigenvalue weighted by Crippen LogP contribution is -2.28. The monoisotopic (exact) mass is 268 g/mol. The number of para-hydroxylation sites is 1. The average Bonchev–Trinajstić information content (AvgIpc) is 2.38. The Kier molecular flexibility index (Phi) is 4.08. The van der Waals surface area contributed by atoms with Gasteiger partial charge in [0.15, 0.2) is 0 Å². The third-order valence-corrected chi connectivity index (χ3v) is 3.52. The van der Waals surface area contributed by atoms with Gasteiger partial charge in [-0.05, 0) is 43.5 Å². The molecular weight excluding hydrogens is 248 g/mol. The van der Waals surface area contributed by atoms with Crippen molar-refractivity contribution < 1.29 is 4.79 Å². The molecule has 1 amide bonds. The molecule has 1 atom stereocenters. The van der Waals surface area contributed by atoms with Crippen LogP contribution < -0.4 is 11.1 Å². The molecule has 1 unspecified atom stereocenters. The molecule has 0 saturated carbocycles. The average molecular weight is 268 g/mol. The zero-order chi connectivity index (χ0) is 14.7. The Morgan fingerprint density at radius 3 is 2.25 bits per heavy atom. The van der Waals surface area contributed by atoms with Crippen LogP contribution in [0.1, 0.15) is 40.0 Å². The van der Waals surface area contributed by atoms with Crippen LogP contribution in [0.2, 0.25) is 0 Å². The molecule has 0 spiro atoms. The van der Waals surface area contributed by atoms with E-state index >= 15 is 0 Å². The van der Waals surface area contributed by atoms with E-state index in [4.69, 9.17) is 5.73 Å². The molecule has 0 radical (unpaired) electrons. The van der Waals surface area contributed by atoms with Gasteiger partial charge in [-0.2, -0.15) is 0 Å². The first kappa shape index (κ1) is 14.1. The number of nitrogens with two attached hydrogens (primary N) is 1. The lowest BCUT2D eigenvalue weighted by molar-refractivity contribution is 0.0939. The Hall–Kier alpha value is -2.29. The fourth-order valence-electron chi connectivity index (χ4n) is 2.42. The van der Waals surface area contributed by atoms with E-state index in [1.54, 1.807) is 0 Å². The minimum atomic E-state index is -0.122. The topological polar surface area (TPSA) is 55.1 Å². The highest BCUT2D eigenvalue weighted by Crippen LogP contribution is 2.21. The maximum absolute atomic E-state index is 12.4. The van der Waals surface area contributed by atoms with Crippen LogP contribution >= 0.6 is 0 Å². The number of carbonyl (C=O) groups is 1. The number of anilines is 1. The number of hydrogen-bond donors (Lipinski definition) is 2. The largest absolute Gasteiger partial charge is 0.398 e. The highest BCUT2D eigenvalue weighted by atomic mass is 16.1. The predicted molar refractivity (Wildman–Crippen MR) is 82.7 cm³/mol. The number of rotatable bonds is 3. The predicted octanol–water partition coefficient (Wildman–Crippen LogP) is 3.38. The van der Waals surface area contributed by atoms with Gasteiger partial charge in [0.1, 0.15) is 0 Å². The van der Waals surface area contributed by atoms with E-state index in [1.165, 1.54) is 0 Å². The van der Waals surface area contributed by atoms with Gasteiger partial charge in [-0.15, -0.1) is 0 Å². The molecule has 0 aromatic heterocycles. The third-order valence-electron chi connectivity index (χ3n) is 3.52. The quantitative estimate of drug-likeness (QED) is 0.838. The van der Waals surface area contributed by atoms with E-state index in [9.17, 15) is 4.79 Å². The van der Waals surface area contributed by atoms with E-state index < -0.39 is 0 Å². The second-order valence-corrected chi connectivity index (χ2v) is 5.09. The van der Waals surface area contributed by atoms with E-state index in [-0.39, 0.29) is 11.9 Å². The van der Waals surface area contributed by atoms with Crippen molar-refractivity contribution in [2.75, 3.05) is 5.73 Å². The number of aryl methyl sites for hydroxylation is 2. The molecule has 3 N–H and O–H groups in total. The van der Waals surface area contributed by atoms with E-state index in [0.717, 1.165) is 22.3 Å². The van der Waals surface area contributed by atoms with Crippen LogP contribution in [0.3, 0.4) is 0 Å². The second kappa shape index (κ2) is 5.78. The Balaban J connectivity index is 2.22. The Bertz CT molecular complexity index is 614. The molecule has 2 aromatic rings. The van der Waals surface area contributed by atoms with Gasteiger partial charge in [-0.3, -0.25) is 4.79 Å². The van der Waals surface area contributed by atoms with Crippen LogP contribution in [0.5, 0.6) is 0 Å². The van der Waals surface area contributed by atoms with Crippen molar-refractivity contribution in [3.05, 3.63) is 64.7 Å². The minimum absolute atomic E-state index is 0.0589. The molecule has 0 aliphatic carbocycles. The molecule has 0 saturated heterocycles. The van der Waals surface area contributed by atoms with Crippen molar-refractivity contribution in [1.29, 1.82) is 0 Å². The summed E-state index contributed by atoms with van der Waals surface area (Å²) < 4.78 is 0. The molecule has 0 aliphatic heterocycles. The Morgan fingerprint density at radius 2 is 1.65 bits per heavy atom. The van der Waals surface area contributed by atoms with Gasteiger partial charge >= 0.3 is 0 Å². The SMILES string of the molecule is Cc1cccc(C)c1C(=O)NC(C)c1ccccc1N. The number of amides is 1. The summed E-state index contributed by atoms with van der Waals surface area (Å²) in [4.78, 5) is 12.4. The van der Waals surface area contributed by atoms with Gasteiger partial charge in [0.2, 0.25) is 0 Å². The third kappa shape index (κ3) is 2.82. The molecule has 0 aliphatic rings. The van der Waals surface area contributed by atoms with Crippen LogP contribution in [0.4, 0.5) is 5.69 Å². The molecule has 0 bridgehead atoms. The fourth-order valence-corrected chi connectivity index (χ4v) is 2.42. The first-order chi connectivity index (χ1) is 9.50. The molecule has 3 heteroatoms. The van der Waals surface area contributed by atoms with Gasteiger partial charge in [0, 0.05) is 11.3 Å². The highest BCUT2D eigenvalue weighted by molar-refractivity contribution is 5.97. The molecular formula is C17H20N2O. The van der Waals surface area contributed by atoms with Crippen LogP contribution in [0.25, 0.3) is 0 Å². The zero-order valence-electron chi connectivity index (χ0n) is 12.1. The molecule has 104 valence electrons. The van der Waals surface area contributed by atoms with Crippen molar-refractivity contribution in [1.82, 2.24) is 5.32 Å². The van der Waals surface area contributed by atoms with Gasteiger partial charge in [-0.25, -0.2) is 0 Å². The summed E-state index contributed by atoms with van der Waals surface area (Å²) in [5.41, 5.74) is 10.3. The van der Waals surface area contributed by atoms with Gasteiger partial charge in [-0.1, -0.05) is 36.4 Å². The van der Waals surface area contributed by atoms with Crippen LogP contribution in [0.15, 0.2) is 42.5 Å². The normalized spacial score (nSPS) is 11.9. The van der Waals surface area contributed by atoms with Gasteiger partial charge < -0.3 is 11.1 Å². The van der Waals surface area contributed by atoms with Gasteiger partial charge in [0.05, 0.1) is 6.04 Å². The number of nitrogens with one attached hydrogen (secondary N) is 1. The highest BCUT2D eigenvalue weighted by Gasteiger charge is 2.16. The molecule has 2 rings (SSSR count). The summed E-state index contributed by atoms with van der Waals surface area (Å²) in [6.07, 6.45) is 0. The number of hydrogen-bond acceptors (Lipinski definition) is 2. The van der Waals surface area contributed by atoms with Crippen LogP contribution in [-0.2, 0) is 0 Å². The van der Waals surface area contributed by atoms with E-state index in [1.807, 2.05) is 63.2 Å².